The minimum absolute atomic E-state index is 0.0373. The van der Waals surface area contributed by atoms with Crippen LogP contribution in [-0.4, -0.2) is 73.2 Å². The van der Waals surface area contributed by atoms with Gasteiger partial charge in [-0.1, -0.05) is 25.7 Å². The zero-order chi connectivity index (χ0) is 23.9. The van der Waals surface area contributed by atoms with Crippen molar-refractivity contribution in [3.63, 3.8) is 0 Å². The van der Waals surface area contributed by atoms with Crippen molar-refractivity contribution in [2.75, 3.05) is 30.3 Å². The van der Waals surface area contributed by atoms with Gasteiger partial charge < -0.3 is 20.8 Å². The Bertz CT molecular complexity index is 714. The van der Waals surface area contributed by atoms with Crippen molar-refractivity contribution in [2.45, 2.75) is 109 Å². The molecule has 1 saturated carbocycles. The number of unbranched alkanes of at least 4 members (excludes halogenated alkanes) is 1. The first-order valence-corrected chi connectivity index (χ1v) is 12.6. The Morgan fingerprint density at radius 3 is 2.27 bits per heavy atom. The molecule has 1 aromatic heterocycles. The summed E-state index contributed by atoms with van der Waals surface area (Å²) < 4.78 is 0. The fraction of sp³-hybridized carbons (Fsp3) is 0.875. The van der Waals surface area contributed by atoms with Crippen molar-refractivity contribution in [1.82, 2.24) is 20.0 Å². The Morgan fingerprint density at radius 1 is 1.00 bits per heavy atom. The molecule has 1 saturated heterocycles. The van der Waals surface area contributed by atoms with Crippen LogP contribution in [-0.2, 0) is 4.84 Å². The van der Waals surface area contributed by atoms with E-state index in [2.05, 4.69) is 58.3 Å². The third kappa shape index (κ3) is 7.47. The molecule has 0 amide bonds. The van der Waals surface area contributed by atoms with E-state index in [-0.39, 0.29) is 29.9 Å². The van der Waals surface area contributed by atoms with Crippen molar-refractivity contribution >= 4 is 11.9 Å². The van der Waals surface area contributed by atoms with Gasteiger partial charge in [0, 0.05) is 24.2 Å². The molecule has 2 heterocycles. The normalized spacial score (nSPS) is 25.6. The van der Waals surface area contributed by atoms with E-state index in [0.29, 0.717) is 24.4 Å². The summed E-state index contributed by atoms with van der Waals surface area (Å²) in [5, 5.41) is 27.7. The summed E-state index contributed by atoms with van der Waals surface area (Å²) in [6.45, 7) is 10.4. The molecule has 33 heavy (non-hydrogen) atoms. The molecule has 0 aromatic carbocycles. The van der Waals surface area contributed by atoms with Crippen LogP contribution >= 0.6 is 0 Å². The predicted molar refractivity (Wildman–Crippen MR) is 130 cm³/mol. The maximum Gasteiger partial charge on any atom is 0.227 e. The molecule has 4 N–H and O–H groups in total. The number of hydrogen-bond donors (Lipinski definition) is 4. The van der Waals surface area contributed by atoms with E-state index in [4.69, 9.17) is 9.94 Å². The first kappa shape index (κ1) is 26.1. The molecule has 3 rings (SSSR count). The number of aliphatic hydroxyl groups is 2. The first-order valence-electron chi connectivity index (χ1n) is 12.6. The molecule has 2 fully saturated rings. The number of anilines is 2. The second kappa shape index (κ2) is 11.7. The molecule has 0 spiro atoms. The minimum Gasteiger partial charge on any atom is -0.395 e. The van der Waals surface area contributed by atoms with Crippen LogP contribution in [0.25, 0.3) is 0 Å². The summed E-state index contributed by atoms with van der Waals surface area (Å²) >= 11 is 0. The monoisotopic (exact) mass is 464 g/mol. The first-order chi connectivity index (χ1) is 15.7. The van der Waals surface area contributed by atoms with E-state index in [0.717, 1.165) is 57.9 Å². The molecule has 0 bridgehead atoms. The van der Waals surface area contributed by atoms with Gasteiger partial charge in [-0.15, -0.1) is 0 Å². The molecule has 1 aliphatic carbocycles. The molecule has 9 nitrogen and oxygen atoms in total. The number of hydrogen-bond acceptors (Lipinski definition) is 9. The van der Waals surface area contributed by atoms with Gasteiger partial charge in [0.15, 0.2) is 0 Å². The number of nitrogens with zero attached hydrogens (tertiary/aromatic N) is 4. The van der Waals surface area contributed by atoms with Gasteiger partial charge in [-0.05, 0) is 65.7 Å². The molecule has 0 unspecified atom stereocenters. The topological polar surface area (TPSA) is 116 Å². The van der Waals surface area contributed by atoms with Crippen LogP contribution in [0, 0.1) is 5.92 Å². The number of aliphatic hydroxyl groups excluding tert-OH is 2. The number of hydroxylamine groups is 2. The summed E-state index contributed by atoms with van der Waals surface area (Å²) in [6.07, 6.45) is 10.7. The van der Waals surface area contributed by atoms with Gasteiger partial charge in [0.05, 0.1) is 12.7 Å². The van der Waals surface area contributed by atoms with Crippen molar-refractivity contribution in [3.8, 4) is 0 Å². The highest BCUT2D eigenvalue weighted by Crippen LogP contribution is 2.44. The van der Waals surface area contributed by atoms with Gasteiger partial charge in [0.2, 0.25) is 11.9 Å². The van der Waals surface area contributed by atoms with Crippen LogP contribution in [0.3, 0.4) is 0 Å². The molecular weight excluding hydrogens is 420 g/mol. The SMILES string of the molecule is CC1(C)CC(CCCCNc2ncnc(NCCO)n2)CC(C)(C)N1O[C@@H]1CCCC[C@H]1O. The van der Waals surface area contributed by atoms with Crippen LogP contribution in [0.5, 0.6) is 0 Å². The lowest BCUT2D eigenvalue weighted by atomic mass is 9.73. The third-order valence-corrected chi connectivity index (χ3v) is 6.87. The van der Waals surface area contributed by atoms with Crippen LogP contribution in [0.1, 0.15) is 85.5 Å². The standard InChI is InChI=1S/C24H44N6O3/c1-23(2)15-18(16-24(3,4)30(23)33-20-11-6-5-10-19(20)32)9-7-8-12-25-21-27-17-28-22(29-21)26-13-14-31/h17-20,31-32H,5-16H2,1-4H3,(H2,25,26,27,28,29)/t19-,20-/m1/s1. The van der Waals surface area contributed by atoms with Crippen LogP contribution in [0.4, 0.5) is 11.9 Å². The molecule has 1 aromatic rings. The fourth-order valence-electron chi connectivity index (χ4n) is 5.69. The quantitative estimate of drug-likeness (QED) is 0.366. The number of aromatic nitrogens is 3. The Hall–Kier alpha value is -1.55. The van der Waals surface area contributed by atoms with Gasteiger partial charge >= 0.3 is 0 Å². The number of rotatable bonds is 11. The molecule has 2 aliphatic rings. The molecular formula is C24H44N6O3. The smallest absolute Gasteiger partial charge is 0.227 e. The maximum absolute atomic E-state index is 10.4. The van der Waals surface area contributed by atoms with Crippen molar-refractivity contribution in [2.24, 2.45) is 5.92 Å². The van der Waals surface area contributed by atoms with Crippen LogP contribution < -0.4 is 10.6 Å². The maximum atomic E-state index is 10.4. The van der Waals surface area contributed by atoms with E-state index in [1.54, 1.807) is 0 Å². The van der Waals surface area contributed by atoms with E-state index in [1.807, 2.05) is 0 Å². The Balaban J connectivity index is 1.43. The zero-order valence-electron chi connectivity index (χ0n) is 20.9. The largest absolute Gasteiger partial charge is 0.395 e. The van der Waals surface area contributed by atoms with E-state index >= 15 is 0 Å². The van der Waals surface area contributed by atoms with Gasteiger partial charge in [0.1, 0.15) is 12.4 Å². The van der Waals surface area contributed by atoms with Gasteiger partial charge in [-0.2, -0.15) is 10.0 Å². The third-order valence-electron chi connectivity index (χ3n) is 6.87. The lowest BCUT2D eigenvalue weighted by molar-refractivity contribution is -0.325. The van der Waals surface area contributed by atoms with Gasteiger partial charge in [0.25, 0.3) is 0 Å². The molecule has 1 aliphatic heterocycles. The highest BCUT2D eigenvalue weighted by atomic mass is 16.7. The summed E-state index contributed by atoms with van der Waals surface area (Å²) in [5.74, 6) is 1.68. The Morgan fingerprint density at radius 2 is 1.64 bits per heavy atom. The van der Waals surface area contributed by atoms with Gasteiger partial charge in [-0.3, -0.25) is 4.84 Å². The predicted octanol–water partition coefficient (Wildman–Crippen LogP) is 3.36. The summed E-state index contributed by atoms with van der Waals surface area (Å²) in [5.41, 5.74) is -0.130. The zero-order valence-corrected chi connectivity index (χ0v) is 20.9. The number of piperidine rings is 1. The lowest BCUT2D eigenvalue weighted by Crippen LogP contribution is -2.62. The molecule has 0 radical (unpaired) electrons. The van der Waals surface area contributed by atoms with E-state index in [9.17, 15) is 5.11 Å². The summed E-state index contributed by atoms with van der Waals surface area (Å²) in [7, 11) is 0. The highest BCUT2D eigenvalue weighted by molar-refractivity contribution is 5.32. The number of nitrogens with one attached hydrogen (secondary N) is 2. The molecule has 2 atom stereocenters. The van der Waals surface area contributed by atoms with Gasteiger partial charge in [-0.25, -0.2) is 9.97 Å². The van der Waals surface area contributed by atoms with E-state index in [1.165, 1.54) is 12.7 Å². The summed E-state index contributed by atoms with van der Waals surface area (Å²) in [4.78, 5) is 19.0. The summed E-state index contributed by atoms with van der Waals surface area (Å²) in [6, 6.07) is 0. The minimum atomic E-state index is -0.346. The fourth-order valence-corrected chi connectivity index (χ4v) is 5.69. The lowest BCUT2D eigenvalue weighted by Gasteiger charge is -2.55. The van der Waals surface area contributed by atoms with Crippen molar-refractivity contribution < 1.29 is 15.1 Å². The second-order valence-electron chi connectivity index (χ2n) is 10.9. The van der Waals surface area contributed by atoms with Crippen molar-refractivity contribution in [3.05, 3.63) is 6.33 Å². The van der Waals surface area contributed by atoms with Crippen molar-refractivity contribution in [1.29, 1.82) is 0 Å². The average Bonchev–Trinajstić information content (AvgIpc) is 2.75. The average molecular weight is 465 g/mol. The van der Waals surface area contributed by atoms with E-state index < -0.39 is 0 Å². The molecule has 188 valence electrons. The Kier molecular flexibility index (Phi) is 9.26. The second-order valence-corrected chi connectivity index (χ2v) is 10.9. The van der Waals surface area contributed by atoms with Crippen LogP contribution in [0.2, 0.25) is 0 Å². The van der Waals surface area contributed by atoms with Crippen LogP contribution in [0.15, 0.2) is 6.33 Å². The highest BCUT2D eigenvalue weighted by Gasteiger charge is 2.47. The Labute approximate surface area is 198 Å². The molecule has 9 heteroatoms.